The topological polar surface area (TPSA) is 58.2 Å². The van der Waals surface area contributed by atoms with Gasteiger partial charge in [0, 0.05) is 12.6 Å². The summed E-state index contributed by atoms with van der Waals surface area (Å²) in [5.74, 6) is 0. The van der Waals surface area contributed by atoms with Crippen LogP contribution in [0.25, 0.3) is 0 Å². The highest BCUT2D eigenvalue weighted by Gasteiger charge is 2.37. The second-order valence-corrected chi connectivity index (χ2v) is 8.41. The monoisotopic (exact) mass is 274 g/mol. The Bertz CT molecular complexity index is 372. The van der Waals surface area contributed by atoms with Gasteiger partial charge in [-0.2, -0.15) is 0 Å². The average molecular weight is 274 g/mol. The van der Waals surface area contributed by atoms with Crippen LogP contribution in [0.5, 0.6) is 0 Å². The predicted octanol–water partition coefficient (Wildman–Crippen LogP) is 1.63. The van der Waals surface area contributed by atoms with Crippen molar-refractivity contribution in [3.63, 3.8) is 0 Å². The summed E-state index contributed by atoms with van der Waals surface area (Å²) in [6, 6.07) is 0.109. The Morgan fingerprint density at radius 3 is 2.56 bits per heavy atom. The van der Waals surface area contributed by atoms with Gasteiger partial charge in [-0.25, -0.2) is 13.1 Å². The molecular weight excluding hydrogens is 248 g/mol. The van der Waals surface area contributed by atoms with Gasteiger partial charge < -0.3 is 5.32 Å². The van der Waals surface area contributed by atoms with Gasteiger partial charge in [-0.3, -0.25) is 0 Å². The van der Waals surface area contributed by atoms with E-state index in [0.717, 1.165) is 38.6 Å². The third kappa shape index (κ3) is 3.25. The summed E-state index contributed by atoms with van der Waals surface area (Å²) < 4.78 is 27.8. The highest BCUT2D eigenvalue weighted by Crippen LogP contribution is 2.36. The molecule has 0 radical (unpaired) electrons. The third-order valence-electron chi connectivity index (χ3n) is 4.50. The van der Waals surface area contributed by atoms with E-state index in [2.05, 4.69) is 23.9 Å². The Balaban J connectivity index is 2.02. The lowest BCUT2D eigenvalue weighted by Gasteiger charge is -2.39. The Hall–Kier alpha value is -0.130. The smallest absolute Gasteiger partial charge is 0.216 e. The Labute approximate surface area is 111 Å². The van der Waals surface area contributed by atoms with Crippen molar-refractivity contribution in [2.75, 3.05) is 13.1 Å². The molecule has 2 fully saturated rings. The standard InChI is InChI=1S/C13H26N2O2S/c1-13(2)8-4-3-7-12(13)15-18(16,17)11-6-5-9-14-10-11/h11-12,14-15H,3-10H2,1-2H3. The number of piperidine rings is 1. The molecule has 1 aliphatic carbocycles. The second-order valence-electron chi connectivity index (χ2n) is 6.42. The summed E-state index contributed by atoms with van der Waals surface area (Å²) in [6.45, 7) is 5.90. The molecule has 2 N–H and O–H groups in total. The SMILES string of the molecule is CC1(C)CCCCC1NS(=O)(=O)C1CCCNC1. The molecule has 1 saturated carbocycles. The van der Waals surface area contributed by atoms with E-state index < -0.39 is 10.0 Å². The van der Waals surface area contributed by atoms with Crippen LogP contribution < -0.4 is 10.0 Å². The van der Waals surface area contributed by atoms with Gasteiger partial charge in [0.15, 0.2) is 0 Å². The van der Waals surface area contributed by atoms with Crippen molar-refractivity contribution in [3.8, 4) is 0 Å². The van der Waals surface area contributed by atoms with Gasteiger partial charge in [0.1, 0.15) is 0 Å². The van der Waals surface area contributed by atoms with Crippen molar-refractivity contribution in [1.29, 1.82) is 0 Å². The van der Waals surface area contributed by atoms with E-state index in [4.69, 9.17) is 0 Å². The molecule has 0 aromatic rings. The van der Waals surface area contributed by atoms with Crippen LogP contribution in [0.15, 0.2) is 0 Å². The molecule has 106 valence electrons. The van der Waals surface area contributed by atoms with Crippen LogP contribution in [-0.4, -0.2) is 32.8 Å². The maximum absolute atomic E-state index is 12.4. The predicted molar refractivity (Wildman–Crippen MR) is 74.0 cm³/mol. The van der Waals surface area contributed by atoms with E-state index in [0.29, 0.717) is 6.54 Å². The summed E-state index contributed by atoms with van der Waals surface area (Å²) in [5.41, 5.74) is 0.0907. The highest BCUT2D eigenvalue weighted by atomic mass is 32.2. The third-order valence-corrected chi connectivity index (χ3v) is 6.40. The maximum Gasteiger partial charge on any atom is 0.216 e. The summed E-state index contributed by atoms with van der Waals surface area (Å²) >= 11 is 0. The minimum Gasteiger partial charge on any atom is -0.315 e. The minimum absolute atomic E-state index is 0.0907. The lowest BCUT2D eigenvalue weighted by molar-refractivity contribution is 0.187. The number of nitrogens with one attached hydrogen (secondary N) is 2. The zero-order valence-corrected chi connectivity index (χ0v) is 12.4. The minimum atomic E-state index is -3.17. The summed E-state index contributed by atoms with van der Waals surface area (Å²) in [7, 11) is -3.17. The van der Waals surface area contributed by atoms with Gasteiger partial charge in [0.05, 0.1) is 5.25 Å². The summed E-state index contributed by atoms with van der Waals surface area (Å²) in [5, 5.41) is 2.93. The van der Waals surface area contributed by atoms with Crippen LogP contribution in [0.3, 0.4) is 0 Å². The Morgan fingerprint density at radius 2 is 1.94 bits per heavy atom. The second kappa shape index (κ2) is 5.47. The zero-order valence-electron chi connectivity index (χ0n) is 11.5. The van der Waals surface area contributed by atoms with Gasteiger partial charge in [-0.05, 0) is 37.6 Å². The molecule has 1 heterocycles. The van der Waals surface area contributed by atoms with Crippen molar-refractivity contribution in [2.45, 2.75) is 63.7 Å². The molecule has 0 aromatic carbocycles. The first-order chi connectivity index (χ1) is 8.42. The fourth-order valence-electron chi connectivity index (χ4n) is 3.09. The first kappa shape index (κ1) is 14.3. The first-order valence-electron chi connectivity index (χ1n) is 7.14. The molecule has 18 heavy (non-hydrogen) atoms. The molecule has 0 aromatic heterocycles. The van der Waals surface area contributed by atoms with E-state index in [9.17, 15) is 8.42 Å². The van der Waals surface area contributed by atoms with Gasteiger partial charge >= 0.3 is 0 Å². The van der Waals surface area contributed by atoms with Crippen LogP contribution >= 0.6 is 0 Å². The molecule has 0 amide bonds. The quantitative estimate of drug-likeness (QED) is 0.822. The van der Waals surface area contributed by atoms with Crippen molar-refractivity contribution in [3.05, 3.63) is 0 Å². The van der Waals surface area contributed by atoms with Gasteiger partial charge in [0.2, 0.25) is 10.0 Å². The molecule has 1 saturated heterocycles. The van der Waals surface area contributed by atoms with Gasteiger partial charge in [-0.1, -0.05) is 26.7 Å². The fourth-order valence-corrected chi connectivity index (χ4v) is 4.93. The van der Waals surface area contributed by atoms with Crippen LogP contribution in [0.1, 0.15) is 52.4 Å². The Morgan fingerprint density at radius 1 is 1.17 bits per heavy atom. The van der Waals surface area contributed by atoms with Crippen molar-refractivity contribution < 1.29 is 8.42 Å². The van der Waals surface area contributed by atoms with Crippen LogP contribution in [-0.2, 0) is 10.0 Å². The molecule has 2 rings (SSSR count). The fraction of sp³-hybridized carbons (Fsp3) is 1.00. The average Bonchev–Trinajstić information content (AvgIpc) is 2.33. The summed E-state index contributed by atoms with van der Waals surface area (Å²) in [6.07, 6.45) is 6.19. The number of sulfonamides is 1. The molecule has 4 nitrogen and oxygen atoms in total. The Kier molecular flexibility index (Phi) is 4.34. The molecule has 2 unspecified atom stereocenters. The molecule has 0 spiro atoms. The van der Waals surface area contributed by atoms with Crippen LogP contribution in [0, 0.1) is 5.41 Å². The van der Waals surface area contributed by atoms with Crippen LogP contribution in [0.4, 0.5) is 0 Å². The number of rotatable bonds is 3. The zero-order chi connectivity index (χ0) is 13.2. The van der Waals surface area contributed by atoms with E-state index in [1.165, 1.54) is 6.42 Å². The lowest BCUT2D eigenvalue weighted by Crippen LogP contribution is -2.52. The molecule has 1 aliphatic heterocycles. The number of hydrogen-bond donors (Lipinski definition) is 2. The highest BCUT2D eigenvalue weighted by molar-refractivity contribution is 7.90. The number of hydrogen-bond acceptors (Lipinski definition) is 3. The first-order valence-corrected chi connectivity index (χ1v) is 8.68. The van der Waals surface area contributed by atoms with Gasteiger partial charge in [-0.15, -0.1) is 0 Å². The van der Waals surface area contributed by atoms with Crippen molar-refractivity contribution >= 4 is 10.0 Å². The molecule has 0 bridgehead atoms. The lowest BCUT2D eigenvalue weighted by atomic mass is 9.74. The van der Waals surface area contributed by atoms with Crippen molar-refractivity contribution in [2.24, 2.45) is 5.41 Å². The largest absolute Gasteiger partial charge is 0.315 e. The summed E-state index contributed by atoms with van der Waals surface area (Å²) in [4.78, 5) is 0. The molecular formula is C13H26N2O2S. The van der Waals surface area contributed by atoms with Crippen molar-refractivity contribution in [1.82, 2.24) is 10.0 Å². The maximum atomic E-state index is 12.4. The van der Waals surface area contributed by atoms with E-state index in [-0.39, 0.29) is 16.7 Å². The van der Waals surface area contributed by atoms with Gasteiger partial charge in [0.25, 0.3) is 0 Å². The van der Waals surface area contributed by atoms with E-state index in [1.54, 1.807) is 0 Å². The van der Waals surface area contributed by atoms with E-state index in [1.807, 2.05) is 0 Å². The normalized spacial score (nSPS) is 33.2. The molecule has 5 heteroatoms. The van der Waals surface area contributed by atoms with E-state index >= 15 is 0 Å². The molecule has 2 atom stereocenters. The molecule has 2 aliphatic rings. The van der Waals surface area contributed by atoms with Crippen LogP contribution in [0.2, 0.25) is 0 Å².